The van der Waals surface area contributed by atoms with Crippen molar-refractivity contribution in [3.05, 3.63) is 0 Å². The number of hydrogen-bond donors (Lipinski definition) is 2. The lowest BCUT2D eigenvalue weighted by molar-refractivity contribution is -0.123. The van der Waals surface area contributed by atoms with Gasteiger partial charge in [0, 0.05) is 18.1 Å². The third-order valence-electron chi connectivity index (χ3n) is 5.90. The molecule has 0 spiro atoms. The van der Waals surface area contributed by atoms with Crippen LogP contribution >= 0.6 is 0 Å². The molecule has 2 N–H and O–H groups in total. The Kier molecular flexibility index (Phi) is 4.85. The molecular formula is C17H31N3O. The first-order chi connectivity index (χ1) is 10.1. The van der Waals surface area contributed by atoms with Gasteiger partial charge in [-0.1, -0.05) is 12.8 Å². The van der Waals surface area contributed by atoms with Gasteiger partial charge in [0.05, 0.1) is 6.04 Å². The van der Waals surface area contributed by atoms with E-state index in [0.717, 1.165) is 25.2 Å². The van der Waals surface area contributed by atoms with E-state index in [1.165, 1.54) is 38.5 Å². The van der Waals surface area contributed by atoms with E-state index in [1.807, 2.05) is 0 Å². The van der Waals surface area contributed by atoms with Crippen molar-refractivity contribution in [2.75, 3.05) is 14.1 Å². The molecule has 4 nitrogen and oxygen atoms in total. The predicted molar refractivity (Wildman–Crippen MR) is 85.2 cm³/mol. The van der Waals surface area contributed by atoms with Crippen LogP contribution in [-0.2, 0) is 4.79 Å². The first kappa shape index (κ1) is 15.3. The molecule has 3 fully saturated rings. The zero-order valence-electron chi connectivity index (χ0n) is 13.6. The van der Waals surface area contributed by atoms with Gasteiger partial charge in [-0.25, -0.2) is 0 Å². The lowest BCUT2D eigenvalue weighted by Gasteiger charge is -2.34. The second-order valence-electron chi connectivity index (χ2n) is 7.60. The van der Waals surface area contributed by atoms with Gasteiger partial charge in [-0.3, -0.25) is 4.79 Å². The lowest BCUT2D eigenvalue weighted by Crippen LogP contribution is -2.49. The van der Waals surface area contributed by atoms with Crippen LogP contribution in [0.2, 0.25) is 0 Å². The highest BCUT2D eigenvalue weighted by Gasteiger charge is 2.38. The van der Waals surface area contributed by atoms with Crippen molar-refractivity contribution in [1.82, 2.24) is 15.5 Å². The van der Waals surface area contributed by atoms with E-state index in [-0.39, 0.29) is 11.9 Å². The normalized spacial score (nSPS) is 40.0. The van der Waals surface area contributed by atoms with Gasteiger partial charge in [0.25, 0.3) is 0 Å². The van der Waals surface area contributed by atoms with E-state index in [2.05, 4.69) is 29.6 Å². The van der Waals surface area contributed by atoms with E-state index in [1.54, 1.807) is 0 Å². The Labute approximate surface area is 129 Å². The van der Waals surface area contributed by atoms with Gasteiger partial charge in [0.15, 0.2) is 0 Å². The molecule has 1 saturated heterocycles. The Morgan fingerprint density at radius 3 is 2.62 bits per heavy atom. The first-order valence-electron chi connectivity index (χ1n) is 8.86. The maximum atomic E-state index is 12.5. The minimum Gasteiger partial charge on any atom is -0.352 e. The molecule has 120 valence electrons. The Morgan fingerprint density at radius 1 is 1.05 bits per heavy atom. The summed E-state index contributed by atoms with van der Waals surface area (Å²) < 4.78 is 0. The average molecular weight is 293 g/mol. The van der Waals surface area contributed by atoms with Crippen LogP contribution in [0.25, 0.3) is 0 Å². The molecular weight excluding hydrogens is 262 g/mol. The monoisotopic (exact) mass is 293 g/mol. The maximum Gasteiger partial charge on any atom is 0.237 e. The van der Waals surface area contributed by atoms with Crippen LogP contribution < -0.4 is 10.6 Å². The highest BCUT2D eigenvalue weighted by Crippen LogP contribution is 2.33. The molecule has 3 aliphatic rings. The zero-order chi connectivity index (χ0) is 14.8. The number of nitrogens with one attached hydrogen (secondary N) is 2. The van der Waals surface area contributed by atoms with Crippen molar-refractivity contribution in [2.24, 2.45) is 5.92 Å². The fraction of sp³-hybridized carbons (Fsp3) is 0.941. The molecule has 0 radical (unpaired) electrons. The quantitative estimate of drug-likeness (QED) is 0.835. The molecule has 0 bridgehead atoms. The number of carbonyl (C=O) groups is 1. The van der Waals surface area contributed by atoms with Crippen LogP contribution in [-0.4, -0.2) is 49.1 Å². The average Bonchev–Trinajstić information content (AvgIpc) is 2.91. The van der Waals surface area contributed by atoms with Gasteiger partial charge in [-0.2, -0.15) is 0 Å². The summed E-state index contributed by atoms with van der Waals surface area (Å²) in [5.41, 5.74) is 0. The molecule has 1 amide bonds. The fourth-order valence-corrected chi connectivity index (χ4v) is 4.59. The minimum absolute atomic E-state index is 0.0674. The highest BCUT2D eigenvalue weighted by molar-refractivity contribution is 5.82. The molecule has 5 atom stereocenters. The van der Waals surface area contributed by atoms with Crippen LogP contribution in [0.5, 0.6) is 0 Å². The molecule has 1 aliphatic heterocycles. The maximum absolute atomic E-state index is 12.5. The van der Waals surface area contributed by atoms with Crippen molar-refractivity contribution in [1.29, 1.82) is 0 Å². The molecule has 2 saturated carbocycles. The first-order valence-corrected chi connectivity index (χ1v) is 8.86. The SMILES string of the molecule is CN(C)C1CCCC(NC(=O)C2CC3CCCCC3N2)C1. The molecule has 0 aromatic heterocycles. The molecule has 4 heteroatoms. The van der Waals surface area contributed by atoms with E-state index >= 15 is 0 Å². The summed E-state index contributed by atoms with van der Waals surface area (Å²) in [6.45, 7) is 0. The lowest BCUT2D eigenvalue weighted by atomic mass is 9.85. The molecule has 0 aromatic rings. The zero-order valence-corrected chi connectivity index (χ0v) is 13.6. The van der Waals surface area contributed by atoms with Crippen LogP contribution in [0.15, 0.2) is 0 Å². The molecule has 5 unspecified atom stereocenters. The number of hydrogen-bond acceptors (Lipinski definition) is 3. The Hall–Kier alpha value is -0.610. The van der Waals surface area contributed by atoms with E-state index in [9.17, 15) is 4.79 Å². The Balaban J connectivity index is 1.50. The van der Waals surface area contributed by atoms with Crippen LogP contribution in [0.1, 0.15) is 57.8 Å². The van der Waals surface area contributed by atoms with Crippen LogP contribution in [0, 0.1) is 5.92 Å². The molecule has 3 rings (SSSR count). The van der Waals surface area contributed by atoms with Crippen molar-refractivity contribution in [3.8, 4) is 0 Å². The summed E-state index contributed by atoms with van der Waals surface area (Å²) in [5, 5.41) is 6.92. The van der Waals surface area contributed by atoms with Gasteiger partial charge in [0.2, 0.25) is 5.91 Å². The van der Waals surface area contributed by atoms with Gasteiger partial charge in [-0.05, 0) is 65.0 Å². The summed E-state index contributed by atoms with van der Waals surface area (Å²) >= 11 is 0. The van der Waals surface area contributed by atoms with E-state index < -0.39 is 0 Å². The summed E-state index contributed by atoms with van der Waals surface area (Å²) in [4.78, 5) is 14.9. The van der Waals surface area contributed by atoms with E-state index in [0.29, 0.717) is 18.1 Å². The van der Waals surface area contributed by atoms with E-state index in [4.69, 9.17) is 0 Å². The smallest absolute Gasteiger partial charge is 0.237 e. The van der Waals surface area contributed by atoms with Gasteiger partial charge < -0.3 is 15.5 Å². The molecule has 2 aliphatic carbocycles. The second kappa shape index (κ2) is 6.66. The molecule has 1 heterocycles. The summed E-state index contributed by atoms with van der Waals surface area (Å²) in [5.74, 6) is 1.00. The predicted octanol–water partition coefficient (Wildman–Crippen LogP) is 1.90. The minimum atomic E-state index is 0.0674. The topological polar surface area (TPSA) is 44.4 Å². The summed E-state index contributed by atoms with van der Waals surface area (Å²) in [6, 6.07) is 1.68. The Bertz CT molecular complexity index is 357. The van der Waals surface area contributed by atoms with Crippen LogP contribution in [0.3, 0.4) is 0 Å². The third kappa shape index (κ3) is 3.59. The molecule has 0 aromatic carbocycles. The van der Waals surface area contributed by atoms with Gasteiger partial charge in [-0.15, -0.1) is 0 Å². The standard InChI is InChI=1S/C17H31N3O/c1-20(2)14-8-5-7-13(11-14)18-17(21)16-10-12-6-3-4-9-15(12)19-16/h12-16,19H,3-11H2,1-2H3,(H,18,21). The fourth-order valence-electron chi connectivity index (χ4n) is 4.59. The number of nitrogens with zero attached hydrogens (tertiary/aromatic N) is 1. The third-order valence-corrected chi connectivity index (χ3v) is 5.90. The van der Waals surface area contributed by atoms with Gasteiger partial charge in [0.1, 0.15) is 0 Å². The Morgan fingerprint density at radius 2 is 1.86 bits per heavy atom. The second-order valence-corrected chi connectivity index (χ2v) is 7.60. The number of rotatable bonds is 3. The summed E-state index contributed by atoms with van der Waals surface area (Å²) in [7, 11) is 4.30. The van der Waals surface area contributed by atoms with Crippen molar-refractivity contribution < 1.29 is 4.79 Å². The number of carbonyl (C=O) groups excluding carboxylic acids is 1. The largest absolute Gasteiger partial charge is 0.352 e. The van der Waals surface area contributed by atoms with Crippen molar-refractivity contribution >= 4 is 5.91 Å². The highest BCUT2D eigenvalue weighted by atomic mass is 16.2. The summed E-state index contributed by atoms with van der Waals surface area (Å²) in [6.07, 6.45) is 11.1. The van der Waals surface area contributed by atoms with Gasteiger partial charge >= 0.3 is 0 Å². The van der Waals surface area contributed by atoms with Crippen LogP contribution in [0.4, 0.5) is 0 Å². The number of fused-ring (bicyclic) bond motifs is 1. The number of amides is 1. The van der Waals surface area contributed by atoms with Crippen molar-refractivity contribution in [3.63, 3.8) is 0 Å². The van der Waals surface area contributed by atoms with Crippen molar-refractivity contribution in [2.45, 2.75) is 82.0 Å². The molecule has 21 heavy (non-hydrogen) atoms.